The van der Waals surface area contributed by atoms with Crippen LogP contribution in [0.1, 0.15) is 40.3 Å². The molecule has 1 amide bonds. The molecular weight excluding hydrogens is 368 g/mol. The number of piperazine rings is 1. The number of ether oxygens (including phenoxy) is 1. The Hall–Kier alpha value is -3.21. The minimum Gasteiger partial charge on any atom is -0.444 e. The van der Waals surface area contributed by atoms with Gasteiger partial charge in [0, 0.05) is 37.9 Å². The van der Waals surface area contributed by atoms with Gasteiger partial charge in [0.25, 0.3) is 0 Å². The third kappa shape index (κ3) is 6.14. The number of aromatic nitrogens is 3. The van der Waals surface area contributed by atoms with Crippen molar-refractivity contribution < 1.29 is 9.53 Å². The van der Waals surface area contributed by atoms with E-state index in [2.05, 4.69) is 19.9 Å². The summed E-state index contributed by atoms with van der Waals surface area (Å²) in [4.78, 5) is 29.0. The summed E-state index contributed by atoms with van der Waals surface area (Å²) in [5.41, 5.74) is 1.36. The normalized spacial score (nSPS) is 13.8. The molecule has 0 aromatic carbocycles. The van der Waals surface area contributed by atoms with Gasteiger partial charge in [0.1, 0.15) is 23.2 Å². The van der Waals surface area contributed by atoms with Crippen LogP contribution in [0.3, 0.4) is 0 Å². The molecule has 0 spiro atoms. The van der Waals surface area contributed by atoms with E-state index in [9.17, 15) is 4.79 Å². The molecule has 1 aliphatic heterocycles. The van der Waals surface area contributed by atoms with Crippen LogP contribution in [0.25, 0.3) is 11.3 Å². The number of hydrogen-bond acceptors (Lipinski definition) is 7. The van der Waals surface area contributed by atoms with Gasteiger partial charge in [-0.1, -0.05) is 13.8 Å². The van der Waals surface area contributed by atoms with Crippen molar-refractivity contribution in [3.05, 3.63) is 36.4 Å². The van der Waals surface area contributed by atoms with Crippen LogP contribution in [0.2, 0.25) is 0 Å². The van der Waals surface area contributed by atoms with Crippen molar-refractivity contribution in [2.75, 3.05) is 31.1 Å². The zero-order chi connectivity index (χ0) is 21.4. The minimum absolute atomic E-state index is 0.286. The number of amides is 1. The standard InChI is InChI=1S/C19H22N6O2.C2H6/c1-19(2,3)27-18(26)25-8-6-24(7-9-25)17-13-21-12-16(23-17)14-4-5-15(10-20)22-11-14;1-2/h4-5,11-13H,6-9H2,1-3H3;1-2H3. The van der Waals surface area contributed by atoms with Crippen LogP contribution in [-0.2, 0) is 4.74 Å². The van der Waals surface area contributed by atoms with E-state index in [4.69, 9.17) is 10.00 Å². The molecule has 3 heterocycles. The van der Waals surface area contributed by atoms with Crippen molar-refractivity contribution in [1.82, 2.24) is 19.9 Å². The summed E-state index contributed by atoms with van der Waals surface area (Å²) in [5, 5.41) is 8.85. The molecule has 1 fully saturated rings. The molecule has 0 bridgehead atoms. The zero-order valence-electron chi connectivity index (χ0n) is 17.7. The first-order valence-corrected chi connectivity index (χ1v) is 9.77. The number of nitrogens with zero attached hydrogens (tertiary/aromatic N) is 6. The largest absolute Gasteiger partial charge is 0.444 e. The molecule has 0 saturated carbocycles. The quantitative estimate of drug-likeness (QED) is 0.766. The van der Waals surface area contributed by atoms with Crippen LogP contribution in [0, 0.1) is 11.3 Å². The Morgan fingerprint density at radius 2 is 1.79 bits per heavy atom. The van der Waals surface area contributed by atoms with Crippen molar-refractivity contribution in [2.45, 2.75) is 40.2 Å². The highest BCUT2D eigenvalue weighted by Gasteiger charge is 2.26. The number of carbonyl (C=O) groups excluding carboxylic acids is 1. The fraction of sp³-hybridized carbons (Fsp3) is 0.476. The maximum absolute atomic E-state index is 12.2. The summed E-state index contributed by atoms with van der Waals surface area (Å²) in [6.45, 7) is 12.0. The lowest BCUT2D eigenvalue weighted by molar-refractivity contribution is 0.0240. The fourth-order valence-corrected chi connectivity index (χ4v) is 2.70. The van der Waals surface area contributed by atoms with Crippen LogP contribution in [0.15, 0.2) is 30.7 Å². The molecule has 2 aromatic rings. The minimum atomic E-state index is -0.497. The average molecular weight is 396 g/mol. The SMILES string of the molecule is CC.CC(C)(C)OC(=O)N1CCN(c2cncc(-c3ccc(C#N)nc3)n2)CC1. The van der Waals surface area contributed by atoms with Gasteiger partial charge in [0.2, 0.25) is 0 Å². The molecule has 0 radical (unpaired) electrons. The molecule has 1 aliphatic rings. The number of rotatable bonds is 2. The Morgan fingerprint density at radius 1 is 1.10 bits per heavy atom. The maximum atomic E-state index is 12.2. The first-order chi connectivity index (χ1) is 13.9. The van der Waals surface area contributed by atoms with E-state index < -0.39 is 5.60 Å². The second-order valence-corrected chi connectivity index (χ2v) is 7.26. The third-order valence-electron chi connectivity index (χ3n) is 4.05. The number of anilines is 1. The summed E-state index contributed by atoms with van der Waals surface area (Å²) >= 11 is 0. The van der Waals surface area contributed by atoms with Crippen LogP contribution >= 0.6 is 0 Å². The topological polar surface area (TPSA) is 95.2 Å². The van der Waals surface area contributed by atoms with Gasteiger partial charge in [-0.05, 0) is 32.9 Å². The second kappa shape index (κ2) is 9.82. The van der Waals surface area contributed by atoms with Crippen molar-refractivity contribution in [2.24, 2.45) is 0 Å². The highest BCUT2D eigenvalue weighted by atomic mass is 16.6. The van der Waals surface area contributed by atoms with Crippen LogP contribution in [0.4, 0.5) is 10.6 Å². The van der Waals surface area contributed by atoms with E-state index in [1.807, 2.05) is 40.7 Å². The van der Waals surface area contributed by atoms with Gasteiger partial charge in [-0.15, -0.1) is 0 Å². The van der Waals surface area contributed by atoms with E-state index >= 15 is 0 Å². The van der Waals surface area contributed by atoms with Crippen molar-refractivity contribution in [1.29, 1.82) is 5.26 Å². The Morgan fingerprint density at radius 3 is 2.34 bits per heavy atom. The Kier molecular flexibility index (Phi) is 7.48. The molecule has 2 aromatic heterocycles. The summed E-state index contributed by atoms with van der Waals surface area (Å²) in [7, 11) is 0. The van der Waals surface area contributed by atoms with Crippen LogP contribution < -0.4 is 4.90 Å². The molecule has 0 aliphatic carbocycles. The summed E-state index contributed by atoms with van der Waals surface area (Å²) in [6, 6.07) is 5.46. The van der Waals surface area contributed by atoms with Crippen molar-refractivity contribution in [3.8, 4) is 17.3 Å². The molecular formula is C21H28N6O2. The molecule has 154 valence electrons. The maximum Gasteiger partial charge on any atom is 0.410 e. The first-order valence-electron chi connectivity index (χ1n) is 9.77. The lowest BCUT2D eigenvalue weighted by Crippen LogP contribution is -2.50. The lowest BCUT2D eigenvalue weighted by atomic mass is 10.2. The van der Waals surface area contributed by atoms with Gasteiger partial charge < -0.3 is 14.5 Å². The molecule has 0 unspecified atom stereocenters. The number of hydrogen-bond donors (Lipinski definition) is 0. The Labute approximate surface area is 172 Å². The number of carbonyl (C=O) groups is 1. The fourth-order valence-electron chi connectivity index (χ4n) is 2.70. The number of pyridine rings is 1. The molecule has 8 nitrogen and oxygen atoms in total. The van der Waals surface area contributed by atoms with E-state index in [1.54, 1.807) is 35.6 Å². The van der Waals surface area contributed by atoms with E-state index in [0.29, 0.717) is 37.6 Å². The molecule has 8 heteroatoms. The molecule has 1 saturated heterocycles. The predicted molar refractivity (Wildman–Crippen MR) is 111 cm³/mol. The smallest absolute Gasteiger partial charge is 0.410 e. The highest BCUT2D eigenvalue weighted by molar-refractivity contribution is 5.68. The molecule has 29 heavy (non-hydrogen) atoms. The molecule has 0 atom stereocenters. The lowest BCUT2D eigenvalue weighted by Gasteiger charge is -2.36. The van der Waals surface area contributed by atoms with Gasteiger partial charge >= 0.3 is 6.09 Å². The van der Waals surface area contributed by atoms with E-state index in [0.717, 1.165) is 11.4 Å². The van der Waals surface area contributed by atoms with Crippen molar-refractivity contribution >= 4 is 11.9 Å². The van der Waals surface area contributed by atoms with Crippen molar-refractivity contribution in [3.63, 3.8) is 0 Å². The van der Waals surface area contributed by atoms with Gasteiger partial charge in [0.05, 0.1) is 18.1 Å². The predicted octanol–water partition coefficient (Wildman–Crippen LogP) is 3.49. The molecule has 0 N–H and O–H groups in total. The second-order valence-electron chi connectivity index (χ2n) is 7.26. The van der Waals surface area contributed by atoms with E-state index in [-0.39, 0.29) is 6.09 Å². The summed E-state index contributed by atoms with van der Waals surface area (Å²) < 4.78 is 5.42. The van der Waals surface area contributed by atoms with Crippen LogP contribution in [-0.4, -0.2) is 57.7 Å². The van der Waals surface area contributed by atoms with Gasteiger partial charge in [-0.25, -0.2) is 14.8 Å². The number of nitriles is 1. The van der Waals surface area contributed by atoms with Gasteiger partial charge in [-0.2, -0.15) is 5.26 Å². The van der Waals surface area contributed by atoms with Gasteiger partial charge in [-0.3, -0.25) is 4.98 Å². The van der Waals surface area contributed by atoms with Gasteiger partial charge in [0.15, 0.2) is 0 Å². The summed E-state index contributed by atoms with van der Waals surface area (Å²) in [6.07, 6.45) is 4.71. The third-order valence-corrected chi connectivity index (χ3v) is 4.05. The Bertz CT molecular complexity index is 847. The molecule has 3 rings (SSSR count). The first kappa shape index (κ1) is 22.1. The monoisotopic (exact) mass is 396 g/mol. The van der Waals surface area contributed by atoms with Crippen LogP contribution in [0.5, 0.6) is 0 Å². The average Bonchev–Trinajstić information content (AvgIpc) is 2.74. The summed E-state index contributed by atoms with van der Waals surface area (Å²) in [5.74, 6) is 0.751. The highest BCUT2D eigenvalue weighted by Crippen LogP contribution is 2.20. The van der Waals surface area contributed by atoms with E-state index in [1.165, 1.54) is 0 Å². The zero-order valence-corrected chi connectivity index (χ0v) is 17.7. The Balaban J connectivity index is 0.00000145.